The average molecular weight is 494 g/mol. The van der Waals surface area contributed by atoms with E-state index >= 15 is 0 Å². The van der Waals surface area contributed by atoms with Crippen molar-refractivity contribution >= 4 is 43.3 Å². The van der Waals surface area contributed by atoms with Gasteiger partial charge in [-0.15, -0.1) is 11.3 Å². The zero-order chi connectivity index (χ0) is 23.5. The van der Waals surface area contributed by atoms with Crippen molar-refractivity contribution in [1.82, 2.24) is 4.31 Å². The largest absolute Gasteiger partial charge is 0.491 e. The van der Waals surface area contributed by atoms with E-state index in [0.717, 1.165) is 38.8 Å². The Hall–Kier alpha value is -3.17. The number of furan rings is 1. The van der Waals surface area contributed by atoms with Gasteiger partial charge in [-0.3, -0.25) is 0 Å². The fraction of sp³-hybridized carbons (Fsp3) is 0.154. The summed E-state index contributed by atoms with van der Waals surface area (Å²) in [5.41, 5.74) is 2.39. The second-order valence-corrected chi connectivity index (χ2v) is 11.0. The molecule has 8 heteroatoms. The lowest BCUT2D eigenvalue weighted by molar-refractivity contribution is 0.0882. The van der Waals surface area contributed by atoms with Crippen molar-refractivity contribution in [2.75, 3.05) is 13.2 Å². The molecule has 0 aliphatic rings. The van der Waals surface area contributed by atoms with E-state index in [1.54, 1.807) is 23.6 Å². The Morgan fingerprint density at radius 3 is 2.47 bits per heavy atom. The molecule has 1 atom stereocenters. The molecule has 2 aromatic heterocycles. The molecule has 0 saturated carbocycles. The summed E-state index contributed by atoms with van der Waals surface area (Å²) in [6.07, 6.45) is -1.02. The molecule has 1 N–H and O–H groups in total. The van der Waals surface area contributed by atoms with Crippen LogP contribution in [0.5, 0.6) is 5.75 Å². The lowest BCUT2D eigenvalue weighted by atomic mass is 10.1. The lowest BCUT2D eigenvalue weighted by Gasteiger charge is -2.24. The van der Waals surface area contributed by atoms with Crippen LogP contribution in [-0.4, -0.2) is 37.1 Å². The van der Waals surface area contributed by atoms with Gasteiger partial charge in [0.1, 0.15) is 33.8 Å². The molecule has 2 heterocycles. The zero-order valence-electron chi connectivity index (χ0n) is 18.2. The van der Waals surface area contributed by atoms with Crippen LogP contribution in [0.4, 0.5) is 0 Å². The molecular weight excluding hydrogens is 470 g/mol. The number of nitrogens with zero attached hydrogens (tertiary/aromatic N) is 1. The Balaban J connectivity index is 1.32. The Kier molecular flexibility index (Phi) is 6.38. The first-order chi connectivity index (χ1) is 16.5. The number of hydrogen-bond donors (Lipinski definition) is 1. The van der Waals surface area contributed by atoms with Crippen molar-refractivity contribution in [3.05, 3.63) is 95.9 Å². The van der Waals surface area contributed by atoms with Gasteiger partial charge in [-0.1, -0.05) is 54.6 Å². The van der Waals surface area contributed by atoms with Gasteiger partial charge >= 0.3 is 0 Å². The Labute approximate surface area is 201 Å². The normalized spacial score (nSPS) is 13.0. The van der Waals surface area contributed by atoms with Crippen LogP contribution in [0.1, 0.15) is 5.56 Å². The molecule has 0 saturated heterocycles. The van der Waals surface area contributed by atoms with Gasteiger partial charge < -0.3 is 14.3 Å². The first-order valence-electron chi connectivity index (χ1n) is 10.8. The minimum absolute atomic E-state index is 0.0491. The molecule has 0 aliphatic heterocycles. The van der Waals surface area contributed by atoms with E-state index in [4.69, 9.17) is 9.15 Å². The van der Waals surface area contributed by atoms with Crippen molar-refractivity contribution in [2.24, 2.45) is 0 Å². The van der Waals surface area contributed by atoms with Crippen molar-refractivity contribution in [3.8, 4) is 5.75 Å². The highest BCUT2D eigenvalue weighted by Gasteiger charge is 2.28. The topological polar surface area (TPSA) is 80.0 Å². The number of benzene rings is 3. The summed E-state index contributed by atoms with van der Waals surface area (Å²) in [5, 5.41) is 14.4. The Morgan fingerprint density at radius 2 is 1.68 bits per heavy atom. The maximum atomic E-state index is 13.2. The summed E-state index contributed by atoms with van der Waals surface area (Å²) in [5.74, 6) is 0.578. The number of para-hydroxylation sites is 1. The van der Waals surface area contributed by atoms with Crippen LogP contribution in [-0.2, 0) is 16.6 Å². The van der Waals surface area contributed by atoms with Crippen LogP contribution in [0.15, 0.2) is 98.9 Å². The summed E-state index contributed by atoms with van der Waals surface area (Å²) in [6.45, 7) is 0.0175. The van der Waals surface area contributed by atoms with E-state index in [0.29, 0.717) is 5.75 Å². The molecule has 0 fully saturated rings. The predicted octanol–water partition coefficient (Wildman–Crippen LogP) is 5.28. The number of thiophene rings is 1. The van der Waals surface area contributed by atoms with Gasteiger partial charge in [0, 0.05) is 23.9 Å². The van der Waals surface area contributed by atoms with Crippen molar-refractivity contribution in [3.63, 3.8) is 0 Å². The third kappa shape index (κ3) is 4.71. The van der Waals surface area contributed by atoms with Crippen LogP contribution in [0, 0.1) is 0 Å². The second kappa shape index (κ2) is 9.60. The highest BCUT2D eigenvalue weighted by atomic mass is 32.2. The van der Waals surface area contributed by atoms with E-state index in [2.05, 4.69) is 0 Å². The van der Waals surface area contributed by atoms with Gasteiger partial charge in [-0.2, -0.15) is 4.31 Å². The number of aliphatic hydroxyl groups excluding tert-OH is 1. The van der Waals surface area contributed by atoms with Crippen molar-refractivity contribution < 1.29 is 22.7 Å². The second-order valence-electron chi connectivity index (χ2n) is 7.94. The average Bonchev–Trinajstić information content (AvgIpc) is 3.52. The highest BCUT2D eigenvalue weighted by molar-refractivity contribution is 7.91. The number of ether oxygens (including phenoxy) is 1. The van der Waals surface area contributed by atoms with Gasteiger partial charge in [0.25, 0.3) is 10.0 Å². The van der Waals surface area contributed by atoms with Crippen LogP contribution in [0.25, 0.3) is 21.9 Å². The first kappa shape index (κ1) is 22.6. The number of sulfonamides is 1. The summed E-state index contributed by atoms with van der Waals surface area (Å²) in [6, 6.07) is 25.9. The molecule has 5 rings (SSSR count). The molecule has 6 nitrogen and oxygen atoms in total. The minimum Gasteiger partial charge on any atom is -0.491 e. The summed E-state index contributed by atoms with van der Waals surface area (Å²) >= 11 is 1.16. The molecule has 5 aromatic rings. The Morgan fingerprint density at radius 1 is 0.912 bits per heavy atom. The van der Waals surface area contributed by atoms with E-state index in [9.17, 15) is 13.5 Å². The van der Waals surface area contributed by atoms with Gasteiger partial charge in [-0.25, -0.2) is 8.42 Å². The molecule has 0 aliphatic carbocycles. The summed E-state index contributed by atoms with van der Waals surface area (Å²) < 4.78 is 39.7. The fourth-order valence-electron chi connectivity index (χ4n) is 3.85. The molecule has 174 valence electrons. The molecule has 0 radical (unpaired) electrons. The summed E-state index contributed by atoms with van der Waals surface area (Å²) in [7, 11) is -3.76. The van der Waals surface area contributed by atoms with Crippen LogP contribution in [0.3, 0.4) is 0 Å². The third-order valence-corrected chi connectivity index (χ3v) is 8.68. The van der Waals surface area contributed by atoms with Crippen molar-refractivity contribution in [1.29, 1.82) is 0 Å². The number of rotatable bonds is 9. The summed E-state index contributed by atoms with van der Waals surface area (Å²) in [4.78, 5) is 0. The SMILES string of the molecule is O=S(=O)(c1cccs1)N(Cc1ccccc1)CC(O)COc1ccc2oc3ccccc3c2c1. The van der Waals surface area contributed by atoms with E-state index in [-0.39, 0.29) is 23.9 Å². The van der Waals surface area contributed by atoms with Gasteiger partial charge in [0.15, 0.2) is 0 Å². The van der Waals surface area contributed by atoms with Crippen LogP contribution >= 0.6 is 11.3 Å². The van der Waals surface area contributed by atoms with Gasteiger partial charge in [-0.05, 0) is 41.3 Å². The maximum Gasteiger partial charge on any atom is 0.252 e. The predicted molar refractivity (Wildman–Crippen MR) is 134 cm³/mol. The van der Waals surface area contributed by atoms with Crippen LogP contribution < -0.4 is 4.74 Å². The standard InChI is InChI=1S/C26H23NO5S2/c28-20(18-31-21-12-13-25-23(15-21)22-9-4-5-10-24(22)32-25)17-27(16-19-7-2-1-3-8-19)34(29,30)26-11-6-14-33-26/h1-15,20,28H,16-18H2. The number of hydrogen-bond acceptors (Lipinski definition) is 6. The first-order valence-corrected chi connectivity index (χ1v) is 13.1. The van der Waals surface area contributed by atoms with Gasteiger partial charge in [0.2, 0.25) is 0 Å². The molecular formula is C26H23NO5S2. The zero-order valence-corrected chi connectivity index (χ0v) is 19.8. The molecule has 0 amide bonds. The molecule has 0 bridgehead atoms. The molecule has 1 unspecified atom stereocenters. The fourth-order valence-corrected chi connectivity index (χ4v) is 6.46. The maximum absolute atomic E-state index is 13.2. The quantitative estimate of drug-likeness (QED) is 0.302. The monoisotopic (exact) mass is 493 g/mol. The number of aliphatic hydroxyl groups is 1. The smallest absolute Gasteiger partial charge is 0.252 e. The third-order valence-electron chi connectivity index (χ3n) is 5.50. The molecule has 0 spiro atoms. The number of fused-ring (bicyclic) bond motifs is 3. The van der Waals surface area contributed by atoms with Crippen LogP contribution in [0.2, 0.25) is 0 Å². The van der Waals surface area contributed by atoms with Crippen molar-refractivity contribution in [2.45, 2.75) is 16.9 Å². The highest BCUT2D eigenvalue weighted by Crippen LogP contribution is 2.31. The molecule has 3 aromatic carbocycles. The lowest BCUT2D eigenvalue weighted by Crippen LogP contribution is -2.39. The molecule has 34 heavy (non-hydrogen) atoms. The minimum atomic E-state index is -3.76. The van der Waals surface area contributed by atoms with E-state index in [1.165, 1.54) is 4.31 Å². The van der Waals surface area contributed by atoms with Gasteiger partial charge in [0.05, 0.1) is 0 Å². The van der Waals surface area contributed by atoms with E-state index < -0.39 is 16.1 Å². The van der Waals surface area contributed by atoms with E-state index in [1.807, 2.05) is 66.7 Å². The Bertz CT molecular complexity index is 1490.